The van der Waals surface area contributed by atoms with E-state index in [-0.39, 0.29) is 6.03 Å². The van der Waals surface area contributed by atoms with Crippen LogP contribution in [0.3, 0.4) is 0 Å². The maximum Gasteiger partial charge on any atom is 0.317 e. The molecule has 16 heavy (non-hydrogen) atoms. The van der Waals surface area contributed by atoms with Crippen molar-refractivity contribution in [3.05, 3.63) is 24.3 Å². The highest BCUT2D eigenvalue weighted by atomic mass is 16.2. The Labute approximate surface area is 98.2 Å². The first-order valence-electron chi connectivity index (χ1n) is 6.17. The van der Waals surface area contributed by atoms with Crippen molar-refractivity contribution >= 4 is 6.03 Å². The Morgan fingerprint density at radius 2 is 2.12 bits per heavy atom. The molecule has 0 radical (unpaired) electrons. The molecule has 3 nitrogen and oxygen atoms in total. The first-order chi connectivity index (χ1) is 7.84. The van der Waals surface area contributed by atoms with E-state index in [2.05, 4.69) is 36.5 Å². The van der Waals surface area contributed by atoms with Gasteiger partial charge in [-0.15, -0.1) is 0 Å². The Hall–Kier alpha value is -1.25. The monoisotopic (exact) mass is 222 g/mol. The molecule has 1 heterocycles. The molecule has 1 aliphatic heterocycles. The molecule has 0 aromatic heterocycles. The van der Waals surface area contributed by atoms with Crippen LogP contribution in [0.5, 0.6) is 0 Å². The van der Waals surface area contributed by atoms with Gasteiger partial charge in [-0.1, -0.05) is 31.2 Å². The summed E-state index contributed by atoms with van der Waals surface area (Å²) < 4.78 is 0. The minimum absolute atomic E-state index is 0.0925. The number of amides is 2. The number of hydrogen-bond acceptors (Lipinski definition) is 1. The molecule has 90 valence electrons. The maximum atomic E-state index is 11.2. The largest absolute Gasteiger partial charge is 0.336 e. The summed E-state index contributed by atoms with van der Waals surface area (Å²) in [4.78, 5) is 13.1. The average Bonchev–Trinajstić information content (AvgIpc) is 2.68. The molecule has 3 heteroatoms. The van der Waals surface area contributed by atoms with E-state index >= 15 is 0 Å². The quantitative estimate of drug-likeness (QED) is 0.521. The molecule has 1 N–H and O–H groups in total. The van der Waals surface area contributed by atoms with Crippen LogP contribution in [-0.4, -0.2) is 30.6 Å². The highest BCUT2D eigenvalue weighted by Crippen LogP contribution is 2.01. The van der Waals surface area contributed by atoms with Crippen LogP contribution in [0.15, 0.2) is 24.3 Å². The molecular weight excluding hydrogens is 200 g/mol. The standard InChI is InChI=1S/C13H22N2O/c1-2-3-4-5-6-7-8-9-11-15-12-10-14-13(15)16/h3-4,6-7H,2,5,8-12H2,1H3,(H,14,16)/b4-3-,7-6-. The van der Waals surface area contributed by atoms with Crippen LogP contribution in [0.25, 0.3) is 0 Å². The van der Waals surface area contributed by atoms with Crippen LogP contribution >= 0.6 is 0 Å². The molecule has 1 saturated heterocycles. The predicted molar refractivity (Wildman–Crippen MR) is 67.4 cm³/mol. The van der Waals surface area contributed by atoms with Gasteiger partial charge in [0.15, 0.2) is 0 Å². The van der Waals surface area contributed by atoms with Crippen molar-refractivity contribution < 1.29 is 4.79 Å². The van der Waals surface area contributed by atoms with Crippen molar-refractivity contribution in [3.63, 3.8) is 0 Å². The molecule has 0 saturated carbocycles. The number of carbonyl (C=O) groups excluding carboxylic acids is 1. The van der Waals surface area contributed by atoms with E-state index < -0.39 is 0 Å². The third-order valence-corrected chi connectivity index (χ3v) is 2.59. The third kappa shape index (κ3) is 5.01. The van der Waals surface area contributed by atoms with Crippen LogP contribution in [-0.2, 0) is 0 Å². The zero-order chi connectivity index (χ0) is 11.6. The summed E-state index contributed by atoms with van der Waals surface area (Å²) in [5.74, 6) is 0. The van der Waals surface area contributed by atoms with Gasteiger partial charge in [-0.05, 0) is 25.7 Å². The topological polar surface area (TPSA) is 32.3 Å². The van der Waals surface area contributed by atoms with Crippen molar-refractivity contribution in [1.82, 2.24) is 10.2 Å². The lowest BCUT2D eigenvalue weighted by atomic mass is 10.2. The fourth-order valence-electron chi connectivity index (χ4n) is 1.68. The minimum atomic E-state index is 0.0925. The molecule has 0 aliphatic carbocycles. The summed E-state index contributed by atoms with van der Waals surface area (Å²) in [6, 6.07) is 0.0925. The molecule has 1 aliphatic rings. The maximum absolute atomic E-state index is 11.2. The van der Waals surface area contributed by atoms with E-state index in [4.69, 9.17) is 0 Å². The lowest BCUT2D eigenvalue weighted by Gasteiger charge is -2.12. The SMILES string of the molecule is CC/C=C\C/C=C\CCCN1CCNC1=O. The lowest BCUT2D eigenvalue weighted by Crippen LogP contribution is -2.28. The van der Waals surface area contributed by atoms with E-state index in [1.54, 1.807) is 0 Å². The lowest BCUT2D eigenvalue weighted by molar-refractivity contribution is 0.217. The second-order valence-electron chi connectivity index (χ2n) is 3.95. The Balaban J connectivity index is 1.99. The molecule has 0 aromatic carbocycles. The van der Waals surface area contributed by atoms with Gasteiger partial charge in [0.2, 0.25) is 0 Å². The Morgan fingerprint density at radius 3 is 2.81 bits per heavy atom. The van der Waals surface area contributed by atoms with Crippen molar-refractivity contribution in [2.45, 2.75) is 32.6 Å². The third-order valence-electron chi connectivity index (χ3n) is 2.59. The number of allylic oxidation sites excluding steroid dienone is 4. The molecule has 1 fully saturated rings. The van der Waals surface area contributed by atoms with Crippen molar-refractivity contribution in [3.8, 4) is 0 Å². The Morgan fingerprint density at radius 1 is 1.31 bits per heavy atom. The van der Waals surface area contributed by atoms with E-state index in [9.17, 15) is 4.79 Å². The zero-order valence-electron chi connectivity index (χ0n) is 10.1. The summed E-state index contributed by atoms with van der Waals surface area (Å²) in [5, 5.41) is 2.80. The molecule has 1 rings (SSSR count). The summed E-state index contributed by atoms with van der Waals surface area (Å²) in [5.41, 5.74) is 0. The van der Waals surface area contributed by atoms with Crippen molar-refractivity contribution in [2.75, 3.05) is 19.6 Å². The molecule has 0 spiro atoms. The van der Waals surface area contributed by atoms with Gasteiger partial charge in [0.1, 0.15) is 0 Å². The molecule has 0 bridgehead atoms. The van der Waals surface area contributed by atoms with Gasteiger partial charge >= 0.3 is 6.03 Å². The van der Waals surface area contributed by atoms with Gasteiger partial charge in [0.25, 0.3) is 0 Å². The van der Waals surface area contributed by atoms with Crippen LogP contribution in [0.1, 0.15) is 32.6 Å². The highest BCUT2D eigenvalue weighted by molar-refractivity contribution is 5.76. The average molecular weight is 222 g/mol. The number of nitrogens with one attached hydrogen (secondary N) is 1. The fourth-order valence-corrected chi connectivity index (χ4v) is 1.68. The van der Waals surface area contributed by atoms with E-state index in [0.717, 1.165) is 45.3 Å². The summed E-state index contributed by atoms with van der Waals surface area (Å²) >= 11 is 0. The normalized spacial score (nSPS) is 16.6. The summed E-state index contributed by atoms with van der Waals surface area (Å²) in [6.07, 6.45) is 13.0. The van der Waals surface area contributed by atoms with Gasteiger partial charge in [-0.3, -0.25) is 0 Å². The van der Waals surface area contributed by atoms with Crippen LogP contribution in [0.4, 0.5) is 4.79 Å². The molecular formula is C13H22N2O. The number of unbranched alkanes of at least 4 members (excludes halogenated alkanes) is 1. The molecule has 0 atom stereocenters. The Kier molecular flexibility index (Phi) is 6.38. The number of nitrogens with zero attached hydrogens (tertiary/aromatic N) is 1. The molecule has 0 unspecified atom stereocenters. The smallest absolute Gasteiger partial charge is 0.317 e. The van der Waals surface area contributed by atoms with Crippen molar-refractivity contribution in [2.24, 2.45) is 0 Å². The van der Waals surface area contributed by atoms with Gasteiger partial charge in [0, 0.05) is 19.6 Å². The number of urea groups is 1. The van der Waals surface area contributed by atoms with Gasteiger partial charge in [-0.25, -0.2) is 4.79 Å². The summed E-state index contributed by atoms with van der Waals surface area (Å²) in [7, 11) is 0. The van der Waals surface area contributed by atoms with E-state index in [1.807, 2.05) is 4.90 Å². The first kappa shape index (κ1) is 12.8. The van der Waals surface area contributed by atoms with E-state index in [1.165, 1.54) is 0 Å². The van der Waals surface area contributed by atoms with Crippen LogP contribution in [0.2, 0.25) is 0 Å². The van der Waals surface area contributed by atoms with Gasteiger partial charge in [0.05, 0.1) is 0 Å². The van der Waals surface area contributed by atoms with E-state index in [0.29, 0.717) is 0 Å². The second-order valence-corrected chi connectivity index (χ2v) is 3.95. The number of hydrogen-bond donors (Lipinski definition) is 1. The van der Waals surface area contributed by atoms with Gasteiger partial charge in [-0.2, -0.15) is 0 Å². The Bertz CT molecular complexity index is 259. The zero-order valence-corrected chi connectivity index (χ0v) is 10.1. The summed E-state index contributed by atoms with van der Waals surface area (Å²) in [6.45, 7) is 4.68. The minimum Gasteiger partial charge on any atom is -0.336 e. The number of carbonyl (C=O) groups is 1. The fraction of sp³-hybridized carbons (Fsp3) is 0.615. The number of rotatable bonds is 7. The van der Waals surface area contributed by atoms with Crippen molar-refractivity contribution in [1.29, 1.82) is 0 Å². The predicted octanol–water partition coefficient (Wildman–Crippen LogP) is 2.70. The second kappa shape index (κ2) is 7.97. The van der Waals surface area contributed by atoms with Gasteiger partial charge < -0.3 is 10.2 Å². The van der Waals surface area contributed by atoms with Crippen LogP contribution in [0, 0.1) is 0 Å². The first-order valence-corrected chi connectivity index (χ1v) is 6.17. The van der Waals surface area contributed by atoms with Crippen LogP contribution < -0.4 is 5.32 Å². The molecule has 2 amide bonds. The highest BCUT2D eigenvalue weighted by Gasteiger charge is 2.17. The molecule has 0 aromatic rings.